The molecule has 0 atom stereocenters. The Hall–Kier alpha value is -1.48. The first-order valence-electron chi connectivity index (χ1n) is 8.89. The van der Waals surface area contributed by atoms with E-state index in [-0.39, 0.29) is 21.4 Å². The number of thiazole rings is 1. The van der Waals surface area contributed by atoms with Gasteiger partial charge in [0.25, 0.3) is 5.91 Å². The van der Waals surface area contributed by atoms with E-state index in [0.717, 1.165) is 30.7 Å². The van der Waals surface area contributed by atoms with Crippen molar-refractivity contribution >= 4 is 38.9 Å². The summed E-state index contributed by atoms with van der Waals surface area (Å²) in [6.07, 6.45) is 6.26. The van der Waals surface area contributed by atoms with Crippen LogP contribution in [0.3, 0.4) is 0 Å². The highest BCUT2D eigenvalue weighted by molar-refractivity contribution is 7.89. The maximum Gasteiger partial charge on any atom is 0.252 e. The van der Waals surface area contributed by atoms with Gasteiger partial charge in [0.05, 0.1) is 26.2 Å². The third-order valence-corrected chi connectivity index (χ3v) is 7.46. The van der Waals surface area contributed by atoms with E-state index in [9.17, 15) is 13.2 Å². The molecule has 1 aliphatic carbocycles. The van der Waals surface area contributed by atoms with Crippen LogP contribution in [-0.4, -0.2) is 32.9 Å². The fraction of sp³-hybridized carbons (Fsp3) is 0.444. The SMILES string of the molecule is CNS(=O)(=O)c1ccc(Cl)c(C(=O)NCCCc2nc3c(s2)CCCC3)c1. The van der Waals surface area contributed by atoms with Gasteiger partial charge in [0.15, 0.2) is 0 Å². The van der Waals surface area contributed by atoms with Crippen LogP contribution in [0.25, 0.3) is 0 Å². The largest absolute Gasteiger partial charge is 0.352 e. The van der Waals surface area contributed by atoms with Crippen molar-refractivity contribution in [2.24, 2.45) is 0 Å². The maximum absolute atomic E-state index is 12.4. The van der Waals surface area contributed by atoms with E-state index in [2.05, 4.69) is 10.0 Å². The molecule has 3 rings (SSSR count). The summed E-state index contributed by atoms with van der Waals surface area (Å²) in [6.45, 7) is 0.475. The molecule has 0 radical (unpaired) electrons. The molecule has 6 nitrogen and oxygen atoms in total. The van der Waals surface area contributed by atoms with E-state index in [0.29, 0.717) is 6.54 Å². The van der Waals surface area contributed by atoms with Crippen LogP contribution >= 0.6 is 22.9 Å². The summed E-state index contributed by atoms with van der Waals surface area (Å²) in [4.78, 5) is 18.5. The monoisotopic (exact) mass is 427 g/mol. The van der Waals surface area contributed by atoms with Gasteiger partial charge in [-0.05, 0) is 57.4 Å². The first-order valence-corrected chi connectivity index (χ1v) is 11.6. The minimum Gasteiger partial charge on any atom is -0.352 e. The van der Waals surface area contributed by atoms with Crippen molar-refractivity contribution in [2.45, 2.75) is 43.4 Å². The zero-order valence-electron chi connectivity index (χ0n) is 15.0. The quantitative estimate of drug-likeness (QED) is 0.665. The van der Waals surface area contributed by atoms with Gasteiger partial charge in [-0.15, -0.1) is 11.3 Å². The molecule has 146 valence electrons. The number of hydrogen-bond donors (Lipinski definition) is 2. The van der Waals surface area contributed by atoms with Crippen molar-refractivity contribution in [1.29, 1.82) is 0 Å². The molecule has 1 heterocycles. The predicted octanol–water partition coefficient (Wildman–Crippen LogP) is 2.95. The number of carbonyl (C=O) groups is 1. The van der Waals surface area contributed by atoms with Crippen LogP contribution in [0.1, 0.15) is 45.2 Å². The van der Waals surface area contributed by atoms with Crippen molar-refractivity contribution in [2.75, 3.05) is 13.6 Å². The van der Waals surface area contributed by atoms with Crippen LogP contribution in [0.2, 0.25) is 5.02 Å². The molecule has 0 aliphatic heterocycles. The third-order valence-electron chi connectivity index (χ3n) is 4.50. The average Bonchev–Trinajstić information content (AvgIpc) is 3.08. The van der Waals surface area contributed by atoms with E-state index in [1.165, 1.54) is 48.7 Å². The number of amides is 1. The molecular weight excluding hydrogens is 406 g/mol. The number of halogens is 1. The van der Waals surface area contributed by atoms with Gasteiger partial charge in [0, 0.05) is 17.8 Å². The van der Waals surface area contributed by atoms with Gasteiger partial charge in [-0.25, -0.2) is 18.1 Å². The minimum absolute atomic E-state index is 0.00733. The van der Waals surface area contributed by atoms with Crippen molar-refractivity contribution in [3.63, 3.8) is 0 Å². The van der Waals surface area contributed by atoms with Gasteiger partial charge in [0.2, 0.25) is 10.0 Å². The molecule has 0 bridgehead atoms. The summed E-state index contributed by atoms with van der Waals surface area (Å²) < 4.78 is 26.0. The number of benzene rings is 1. The maximum atomic E-state index is 12.4. The van der Waals surface area contributed by atoms with E-state index < -0.39 is 10.0 Å². The first kappa shape index (κ1) is 20.3. The Morgan fingerprint density at radius 2 is 2.07 bits per heavy atom. The summed E-state index contributed by atoms with van der Waals surface area (Å²) in [5.74, 6) is -0.383. The zero-order chi connectivity index (χ0) is 19.4. The zero-order valence-corrected chi connectivity index (χ0v) is 17.4. The highest BCUT2D eigenvalue weighted by Gasteiger charge is 2.18. The van der Waals surface area contributed by atoms with Crippen LogP contribution in [-0.2, 0) is 29.3 Å². The van der Waals surface area contributed by atoms with E-state index in [1.54, 1.807) is 11.3 Å². The van der Waals surface area contributed by atoms with Gasteiger partial charge >= 0.3 is 0 Å². The van der Waals surface area contributed by atoms with Crippen molar-refractivity contribution in [3.05, 3.63) is 44.4 Å². The van der Waals surface area contributed by atoms with Crippen LogP contribution in [0.15, 0.2) is 23.1 Å². The highest BCUT2D eigenvalue weighted by atomic mass is 35.5. The van der Waals surface area contributed by atoms with Crippen LogP contribution < -0.4 is 10.0 Å². The Balaban J connectivity index is 1.56. The Morgan fingerprint density at radius 3 is 2.81 bits per heavy atom. The van der Waals surface area contributed by atoms with E-state index in [4.69, 9.17) is 16.6 Å². The summed E-state index contributed by atoms with van der Waals surface area (Å²) in [6, 6.07) is 4.08. The lowest BCUT2D eigenvalue weighted by Crippen LogP contribution is -2.26. The van der Waals surface area contributed by atoms with E-state index >= 15 is 0 Å². The van der Waals surface area contributed by atoms with Gasteiger partial charge in [-0.3, -0.25) is 4.79 Å². The van der Waals surface area contributed by atoms with Crippen molar-refractivity contribution in [1.82, 2.24) is 15.0 Å². The lowest BCUT2D eigenvalue weighted by Gasteiger charge is -2.09. The van der Waals surface area contributed by atoms with Crippen LogP contribution in [0.5, 0.6) is 0 Å². The van der Waals surface area contributed by atoms with Gasteiger partial charge in [-0.2, -0.15) is 0 Å². The molecule has 0 unspecified atom stereocenters. The lowest BCUT2D eigenvalue weighted by atomic mass is 10.0. The Kier molecular flexibility index (Phi) is 6.52. The molecule has 0 spiro atoms. The number of fused-ring (bicyclic) bond motifs is 1. The summed E-state index contributed by atoms with van der Waals surface area (Å²) in [7, 11) is -2.31. The minimum atomic E-state index is -3.63. The first-order chi connectivity index (χ1) is 12.9. The smallest absolute Gasteiger partial charge is 0.252 e. The average molecular weight is 428 g/mol. The molecule has 0 saturated carbocycles. The molecule has 2 aromatic rings. The molecular formula is C18H22ClN3O3S2. The highest BCUT2D eigenvalue weighted by Crippen LogP contribution is 2.27. The van der Waals surface area contributed by atoms with Crippen LogP contribution in [0.4, 0.5) is 0 Å². The Morgan fingerprint density at radius 1 is 1.30 bits per heavy atom. The van der Waals surface area contributed by atoms with Gasteiger partial charge in [-0.1, -0.05) is 11.6 Å². The number of hydrogen-bond acceptors (Lipinski definition) is 5. The predicted molar refractivity (Wildman–Crippen MR) is 107 cm³/mol. The second-order valence-electron chi connectivity index (χ2n) is 6.39. The van der Waals surface area contributed by atoms with Gasteiger partial charge in [0.1, 0.15) is 0 Å². The molecule has 2 N–H and O–H groups in total. The van der Waals surface area contributed by atoms with E-state index in [1.807, 2.05) is 0 Å². The molecule has 1 amide bonds. The van der Waals surface area contributed by atoms with Crippen molar-refractivity contribution in [3.8, 4) is 0 Å². The number of carbonyl (C=O) groups excluding carboxylic acids is 1. The number of nitrogens with one attached hydrogen (secondary N) is 2. The fourth-order valence-electron chi connectivity index (χ4n) is 3.01. The topological polar surface area (TPSA) is 88.2 Å². The molecule has 0 saturated heterocycles. The summed E-state index contributed by atoms with van der Waals surface area (Å²) in [5.41, 5.74) is 1.40. The molecule has 1 aromatic heterocycles. The Bertz CT molecular complexity index is 918. The molecule has 1 aliphatic rings. The molecule has 9 heteroatoms. The number of sulfonamides is 1. The Labute approximate surface area is 168 Å². The normalized spacial score (nSPS) is 14.0. The standard InChI is InChI=1S/C18H22ClN3O3S2/c1-20-27(24,25)12-8-9-14(19)13(11-12)18(23)21-10-4-7-17-22-15-5-2-3-6-16(15)26-17/h8-9,11,20H,2-7,10H2,1H3,(H,21,23). The molecule has 0 fully saturated rings. The second-order valence-corrected chi connectivity index (χ2v) is 9.86. The fourth-order valence-corrected chi connectivity index (χ4v) is 5.17. The van der Waals surface area contributed by atoms with Crippen LogP contribution in [0, 0.1) is 0 Å². The third kappa shape index (κ3) is 4.87. The van der Waals surface area contributed by atoms with Crippen molar-refractivity contribution < 1.29 is 13.2 Å². The second kappa shape index (κ2) is 8.68. The number of aromatic nitrogens is 1. The van der Waals surface area contributed by atoms with Gasteiger partial charge < -0.3 is 5.32 Å². The summed E-state index contributed by atoms with van der Waals surface area (Å²) in [5, 5.41) is 4.15. The number of nitrogens with zero attached hydrogens (tertiary/aromatic N) is 1. The number of rotatable bonds is 7. The summed E-state index contributed by atoms with van der Waals surface area (Å²) >= 11 is 7.85. The number of aryl methyl sites for hydroxylation is 3. The molecule has 1 aromatic carbocycles. The lowest BCUT2D eigenvalue weighted by molar-refractivity contribution is 0.0953. The molecule has 27 heavy (non-hydrogen) atoms.